The summed E-state index contributed by atoms with van der Waals surface area (Å²) in [6.45, 7) is 2.19. The number of ether oxygens (including phenoxy) is 2. The predicted molar refractivity (Wildman–Crippen MR) is 87.1 cm³/mol. The summed E-state index contributed by atoms with van der Waals surface area (Å²) in [4.78, 5) is 4.32. The van der Waals surface area contributed by atoms with Gasteiger partial charge in [0.1, 0.15) is 5.75 Å². The maximum atomic E-state index is 5.91. The Morgan fingerprint density at radius 1 is 1.20 bits per heavy atom. The minimum atomic E-state index is 0.640. The first-order valence-corrected chi connectivity index (χ1v) is 7.45. The van der Waals surface area contributed by atoms with Gasteiger partial charge < -0.3 is 14.8 Å². The molecule has 0 spiro atoms. The van der Waals surface area contributed by atoms with E-state index in [1.165, 1.54) is 0 Å². The second-order valence-corrected chi connectivity index (χ2v) is 5.33. The third-order valence-electron chi connectivity index (χ3n) is 2.69. The van der Waals surface area contributed by atoms with E-state index >= 15 is 0 Å². The molecule has 0 fully saturated rings. The van der Waals surface area contributed by atoms with Crippen LogP contribution in [0.15, 0.2) is 42.6 Å². The summed E-state index contributed by atoms with van der Waals surface area (Å²) < 4.78 is 12.0. The molecule has 1 aromatic carbocycles. The molecule has 5 heteroatoms. The van der Waals surface area contributed by atoms with E-state index in [1.807, 2.05) is 36.4 Å². The van der Waals surface area contributed by atoms with Crippen LogP contribution in [0.1, 0.15) is 5.56 Å². The van der Waals surface area contributed by atoms with E-state index in [0.29, 0.717) is 19.0 Å². The van der Waals surface area contributed by atoms with E-state index in [1.54, 1.807) is 13.3 Å². The SMILES string of the molecule is COCCNCc1cccnc1Oc1ccccc1I. The molecule has 1 aromatic heterocycles. The monoisotopic (exact) mass is 384 g/mol. The lowest BCUT2D eigenvalue weighted by molar-refractivity contribution is 0.199. The first-order chi connectivity index (χ1) is 9.81. The number of halogens is 1. The quantitative estimate of drug-likeness (QED) is 0.588. The second kappa shape index (κ2) is 8.18. The van der Waals surface area contributed by atoms with Gasteiger partial charge in [0.15, 0.2) is 0 Å². The molecule has 0 aliphatic carbocycles. The average Bonchev–Trinajstić information content (AvgIpc) is 2.47. The summed E-state index contributed by atoms with van der Waals surface area (Å²) in [6.07, 6.45) is 1.74. The minimum Gasteiger partial charge on any atom is -0.438 e. The number of hydrogen-bond donors (Lipinski definition) is 1. The van der Waals surface area contributed by atoms with E-state index in [9.17, 15) is 0 Å². The second-order valence-electron chi connectivity index (χ2n) is 4.17. The molecule has 0 radical (unpaired) electrons. The first kappa shape index (κ1) is 15.2. The lowest BCUT2D eigenvalue weighted by Crippen LogP contribution is -2.19. The maximum Gasteiger partial charge on any atom is 0.223 e. The van der Waals surface area contributed by atoms with Crippen LogP contribution in [0.4, 0.5) is 0 Å². The molecule has 0 saturated carbocycles. The number of rotatable bonds is 7. The van der Waals surface area contributed by atoms with Crippen LogP contribution >= 0.6 is 22.6 Å². The van der Waals surface area contributed by atoms with Crippen LogP contribution in [0.5, 0.6) is 11.6 Å². The highest BCUT2D eigenvalue weighted by atomic mass is 127. The minimum absolute atomic E-state index is 0.640. The number of methoxy groups -OCH3 is 1. The van der Waals surface area contributed by atoms with Crippen LogP contribution in [-0.2, 0) is 11.3 Å². The number of para-hydroxylation sites is 1. The Kier molecular flexibility index (Phi) is 6.23. The summed E-state index contributed by atoms with van der Waals surface area (Å²) in [6, 6.07) is 11.8. The Morgan fingerprint density at radius 2 is 2.05 bits per heavy atom. The Hall–Kier alpha value is -1.18. The van der Waals surface area contributed by atoms with E-state index in [0.717, 1.165) is 21.4 Å². The van der Waals surface area contributed by atoms with Crippen molar-refractivity contribution in [2.24, 2.45) is 0 Å². The van der Waals surface area contributed by atoms with Gasteiger partial charge in [-0.15, -0.1) is 0 Å². The van der Waals surface area contributed by atoms with Crippen molar-refractivity contribution in [3.05, 3.63) is 51.7 Å². The zero-order valence-corrected chi connectivity index (χ0v) is 13.5. The van der Waals surface area contributed by atoms with Crippen molar-refractivity contribution in [2.75, 3.05) is 20.3 Å². The fourth-order valence-corrected chi connectivity index (χ4v) is 2.18. The molecule has 2 aromatic rings. The van der Waals surface area contributed by atoms with Crippen molar-refractivity contribution in [1.29, 1.82) is 0 Å². The highest BCUT2D eigenvalue weighted by Gasteiger charge is 2.07. The maximum absolute atomic E-state index is 5.91. The van der Waals surface area contributed by atoms with Crippen molar-refractivity contribution in [2.45, 2.75) is 6.54 Å². The van der Waals surface area contributed by atoms with Gasteiger partial charge in [0.25, 0.3) is 0 Å². The van der Waals surface area contributed by atoms with Crippen molar-refractivity contribution in [1.82, 2.24) is 10.3 Å². The van der Waals surface area contributed by atoms with E-state index < -0.39 is 0 Å². The summed E-state index contributed by atoms with van der Waals surface area (Å²) in [7, 11) is 1.69. The fraction of sp³-hybridized carbons (Fsp3) is 0.267. The molecular weight excluding hydrogens is 367 g/mol. The lowest BCUT2D eigenvalue weighted by atomic mass is 10.2. The third-order valence-corrected chi connectivity index (χ3v) is 3.58. The highest BCUT2D eigenvalue weighted by molar-refractivity contribution is 14.1. The van der Waals surface area contributed by atoms with Crippen LogP contribution < -0.4 is 10.1 Å². The molecular formula is C15H17IN2O2. The van der Waals surface area contributed by atoms with Crippen LogP contribution in [0.25, 0.3) is 0 Å². The Labute approximate surface area is 132 Å². The van der Waals surface area contributed by atoms with Crippen molar-refractivity contribution < 1.29 is 9.47 Å². The molecule has 0 atom stereocenters. The third kappa shape index (κ3) is 4.43. The van der Waals surface area contributed by atoms with Gasteiger partial charge in [0, 0.05) is 32.0 Å². The van der Waals surface area contributed by atoms with Crippen LogP contribution in [-0.4, -0.2) is 25.2 Å². The molecule has 1 N–H and O–H groups in total. The summed E-state index contributed by atoms with van der Waals surface area (Å²) in [5.41, 5.74) is 1.03. The van der Waals surface area contributed by atoms with Gasteiger partial charge in [-0.05, 0) is 40.8 Å². The van der Waals surface area contributed by atoms with Gasteiger partial charge in [-0.2, -0.15) is 0 Å². The molecule has 20 heavy (non-hydrogen) atoms. The number of aromatic nitrogens is 1. The predicted octanol–water partition coefficient (Wildman–Crippen LogP) is 3.21. The standard InChI is InChI=1S/C15H17IN2O2/c1-19-10-9-17-11-12-5-4-8-18-15(12)20-14-7-3-2-6-13(14)16/h2-8,17H,9-11H2,1H3. The van der Waals surface area contributed by atoms with E-state index in [4.69, 9.17) is 9.47 Å². The zero-order chi connectivity index (χ0) is 14.2. The Bertz CT molecular complexity index is 549. The van der Waals surface area contributed by atoms with Gasteiger partial charge in [0.2, 0.25) is 5.88 Å². The van der Waals surface area contributed by atoms with Gasteiger partial charge >= 0.3 is 0 Å². The zero-order valence-electron chi connectivity index (χ0n) is 11.3. The van der Waals surface area contributed by atoms with Gasteiger partial charge in [0.05, 0.1) is 10.2 Å². The molecule has 2 rings (SSSR count). The topological polar surface area (TPSA) is 43.4 Å². The fourth-order valence-electron chi connectivity index (χ4n) is 1.68. The Morgan fingerprint density at radius 3 is 2.85 bits per heavy atom. The van der Waals surface area contributed by atoms with Gasteiger partial charge in [-0.1, -0.05) is 18.2 Å². The first-order valence-electron chi connectivity index (χ1n) is 6.37. The smallest absolute Gasteiger partial charge is 0.223 e. The van der Waals surface area contributed by atoms with Crippen molar-refractivity contribution in [3.8, 4) is 11.6 Å². The van der Waals surface area contributed by atoms with Crippen molar-refractivity contribution >= 4 is 22.6 Å². The molecule has 0 bridgehead atoms. The Balaban J connectivity index is 2.06. The van der Waals surface area contributed by atoms with Gasteiger partial charge in [-0.3, -0.25) is 0 Å². The van der Waals surface area contributed by atoms with Crippen LogP contribution in [0.3, 0.4) is 0 Å². The van der Waals surface area contributed by atoms with Crippen molar-refractivity contribution in [3.63, 3.8) is 0 Å². The molecule has 0 aliphatic rings. The van der Waals surface area contributed by atoms with Gasteiger partial charge in [-0.25, -0.2) is 4.98 Å². The molecule has 0 saturated heterocycles. The summed E-state index contributed by atoms with van der Waals surface area (Å²) in [5, 5.41) is 3.30. The largest absolute Gasteiger partial charge is 0.438 e. The van der Waals surface area contributed by atoms with Crippen LogP contribution in [0, 0.1) is 3.57 Å². The number of hydrogen-bond acceptors (Lipinski definition) is 4. The summed E-state index contributed by atoms with van der Waals surface area (Å²) >= 11 is 2.25. The van der Waals surface area contributed by atoms with E-state index in [-0.39, 0.29) is 0 Å². The van der Waals surface area contributed by atoms with Crippen LogP contribution in [0.2, 0.25) is 0 Å². The molecule has 4 nitrogen and oxygen atoms in total. The number of benzene rings is 1. The summed E-state index contributed by atoms with van der Waals surface area (Å²) in [5.74, 6) is 1.46. The van der Waals surface area contributed by atoms with E-state index in [2.05, 4.69) is 32.9 Å². The molecule has 0 unspecified atom stereocenters. The average molecular weight is 384 g/mol. The lowest BCUT2D eigenvalue weighted by Gasteiger charge is -2.11. The molecule has 1 heterocycles. The molecule has 0 aliphatic heterocycles. The highest BCUT2D eigenvalue weighted by Crippen LogP contribution is 2.27. The number of pyridine rings is 1. The number of nitrogens with one attached hydrogen (secondary N) is 1. The number of nitrogens with zero attached hydrogens (tertiary/aromatic N) is 1. The normalized spacial score (nSPS) is 10.5. The molecule has 106 valence electrons. The molecule has 0 amide bonds.